The molecule has 3 heteroatoms. The molecule has 108 valence electrons. The first-order valence-corrected chi connectivity index (χ1v) is 8.23. The molecule has 2 N–H and O–H groups in total. The van der Waals surface area contributed by atoms with Crippen LogP contribution >= 0.6 is 11.3 Å². The fraction of sp³-hybridized carbons (Fsp3) is 0.333. The molecule has 1 aromatic heterocycles. The summed E-state index contributed by atoms with van der Waals surface area (Å²) < 4.78 is 0. The first-order chi connectivity index (χ1) is 10.3. The molecule has 1 aromatic carbocycles. The van der Waals surface area contributed by atoms with Gasteiger partial charge in [-0.05, 0) is 36.1 Å². The van der Waals surface area contributed by atoms with Crippen molar-refractivity contribution >= 4 is 11.3 Å². The van der Waals surface area contributed by atoms with Crippen LogP contribution in [0.25, 0.3) is 0 Å². The zero-order valence-corrected chi connectivity index (χ0v) is 13.0. The van der Waals surface area contributed by atoms with E-state index in [1.807, 2.05) is 0 Å². The van der Waals surface area contributed by atoms with Gasteiger partial charge in [-0.1, -0.05) is 36.1 Å². The number of nitrogens with two attached hydrogens (primary N) is 1. The van der Waals surface area contributed by atoms with Gasteiger partial charge in [0.2, 0.25) is 0 Å². The van der Waals surface area contributed by atoms with Gasteiger partial charge in [0.05, 0.1) is 11.4 Å². The Balaban J connectivity index is 1.63. The van der Waals surface area contributed by atoms with Crippen molar-refractivity contribution in [1.82, 2.24) is 4.90 Å². The van der Waals surface area contributed by atoms with Gasteiger partial charge >= 0.3 is 0 Å². The van der Waals surface area contributed by atoms with Crippen LogP contribution in [0.4, 0.5) is 0 Å². The van der Waals surface area contributed by atoms with Crippen molar-refractivity contribution in [2.24, 2.45) is 5.73 Å². The summed E-state index contributed by atoms with van der Waals surface area (Å²) in [7, 11) is 0. The highest BCUT2D eigenvalue weighted by molar-refractivity contribution is 7.12. The van der Waals surface area contributed by atoms with Gasteiger partial charge in [-0.25, -0.2) is 0 Å². The number of rotatable bonds is 2. The van der Waals surface area contributed by atoms with Crippen molar-refractivity contribution < 1.29 is 0 Å². The van der Waals surface area contributed by atoms with E-state index in [2.05, 4.69) is 53.1 Å². The van der Waals surface area contributed by atoms with Crippen LogP contribution in [-0.2, 0) is 19.4 Å². The van der Waals surface area contributed by atoms with Crippen LogP contribution in [0.1, 0.15) is 20.9 Å². The van der Waals surface area contributed by atoms with Crippen molar-refractivity contribution in [1.29, 1.82) is 0 Å². The molecule has 0 aliphatic carbocycles. The van der Waals surface area contributed by atoms with E-state index in [1.165, 1.54) is 16.0 Å². The van der Waals surface area contributed by atoms with Gasteiger partial charge in [-0.3, -0.25) is 4.90 Å². The highest BCUT2D eigenvalue weighted by atomic mass is 32.1. The maximum Gasteiger partial charge on any atom is 0.0772 e. The molecule has 0 bridgehead atoms. The SMILES string of the molecule is NCC#Cc1ccc(CN2CCc3ccccc3CC2)s1. The fourth-order valence-corrected chi connectivity index (χ4v) is 3.69. The Bertz CT molecular complexity index is 636. The Morgan fingerprint density at radius 2 is 1.76 bits per heavy atom. The van der Waals surface area contributed by atoms with Crippen LogP contribution in [0.3, 0.4) is 0 Å². The van der Waals surface area contributed by atoms with Gasteiger partial charge in [-0.2, -0.15) is 0 Å². The molecule has 0 spiro atoms. The molecule has 0 atom stereocenters. The molecule has 2 heterocycles. The summed E-state index contributed by atoms with van der Waals surface area (Å²) in [6.45, 7) is 3.73. The number of benzene rings is 1. The average molecular weight is 296 g/mol. The van der Waals surface area contributed by atoms with E-state index in [0.717, 1.165) is 37.4 Å². The van der Waals surface area contributed by atoms with Gasteiger partial charge < -0.3 is 5.73 Å². The number of hydrogen-bond donors (Lipinski definition) is 1. The molecule has 0 unspecified atom stereocenters. The molecule has 1 aliphatic heterocycles. The largest absolute Gasteiger partial charge is 0.320 e. The second kappa shape index (κ2) is 6.91. The normalized spacial score (nSPS) is 14.9. The Hall–Kier alpha value is -1.60. The second-order valence-corrected chi connectivity index (χ2v) is 6.49. The van der Waals surface area contributed by atoms with Gasteiger partial charge in [-0.15, -0.1) is 11.3 Å². The van der Waals surface area contributed by atoms with Gasteiger partial charge in [0, 0.05) is 24.5 Å². The number of hydrogen-bond acceptors (Lipinski definition) is 3. The van der Waals surface area contributed by atoms with Crippen molar-refractivity contribution in [2.75, 3.05) is 19.6 Å². The van der Waals surface area contributed by atoms with Gasteiger partial charge in [0.25, 0.3) is 0 Å². The fourth-order valence-electron chi connectivity index (χ4n) is 2.76. The van der Waals surface area contributed by atoms with Crippen LogP contribution in [0, 0.1) is 11.8 Å². The lowest BCUT2D eigenvalue weighted by atomic mass is 10.0. The highest BCUT2D eigenvalue weighted by Gasteiger charge is 2.14. The third-order valence-corrected chi connectivity index (χ3v) is 4.85. The molecule has 1 aliphatic rings. The standard InChI is InChI=1S/C18H20N2S/c19-11-3-6-17-7-8-18(21-17)14-20-12-9-15-4-1-2-5-16(15)10-13-20/h1-2,4-5,7-8H,9-14,19H2. The molecule has 2 aromatic rings. The summed E-state index contributed by atoms with van der Waals surface area (Å²) in [4.78, 5) is 5.06. The third kappa shape index (κ3) is 3.74. The quantitative estimate of drug-likeness (QED) is 0.863. The average Bonchev–Trinajstić information content (AvgIpc) is 2.86. The maximum absolute atomic E-state index is 5.41. The number of thiophene rings is 1. The van der Waals surface area contributed by atoms with E-state index in [0.29, 0.717) is 6.54 Å². The molecule has 0 saturated heterocycles. The van der Waals surface area contributed by atoms with E-state index in [1.54, 1.807) is 11.3 Å². The monoisotopic (exact) mass is 296 g/mol. The molecule has 21 heavy (non-hydrogen) atoms. The van der Waals surface area contributed by atoms with Crippen LogP contribution in [0.15, 0.2) is 36.4 Å². The van der Waals surface area contributed by atoms with Crippen LogP contribution < -0.4 is 5.73 Å². The summed E-state index contributed by atoms with van der Waals surface area (Å²) >= 11 is 1.79. The molecule has 3 rings (SSSR count). The zero-order valence-electron chi connectivity index (χ0n) is 12.1. The van der Waals surface area contributed by atoms with E-state index in [4.69, 9.17) is 5.73 Å². The lowest BCUT2D eigenvalue weighted by Crippen LogP contribution is -2.25. The minimum Gasteiger partial charge on any atom is -0.320 e. The molecule has 0 amide bonds. The molecular weight excluding hydrogens is 276 g/mol. The van der Waals surface area contributed by atoms with E-state index in [9.17, 15) is 0 Å². The van der Waals surface area contributed by atoms with E-state index >= 15 is 0 Å². The molecule has 2 nitrogen and oxygen atoms in total. The Labute approximate surface area is 130 Å². The molecular formula is C18H20N2S. The van der Waals surface area contributed by atoms with Crippen molar-refractivity contribution in [3.05, 3.63) is 57.3 Å². The van der Waals surface area contributed by atoms with Gasteiger partial charge in [0.15, 0.2) is 0 Å². The predicted molar refractivity (Wildman–Crippen MR) is 89.4 cm³/mol. The van der Waals surface area contributed by atoms with Crippen molar-refractivity contribution in [2.45, 2.75) is 19.4 Å². The van der Waals surface area contributed by atoms with Crippen LogP contribution in [-0.4, -0.2) is 24.5 Å². The summed E-state index contributed by atoms with van der Waals surface area (Å²) in [6.07, 6.45) is 2.31. The lowest BCUT2D eigenvalue weighted by molar-refractivity contribution is 0.282. The van der Waals surface area contributed by atoms with Crippen LogP contribution in [0.5, 0.6) is 0 Å². The van der Waals surface area contributed by atoms with Crippen molar-refractivity contribution in [3.8, 4) is 11.8 Å². The van der Waals surface area contributed by atoms with Crippen LogP contribution in [0.2, 0.25) is 0 Å². The first kappa shape index (κ1) is 14.3. The molecule has 0 saturated carbocycles. The minimum absolute atomic E-state index is 0.428. The highest BCUT2D eigenvalue weighted by Crippen LogP contribution is 2.20. The van der Waals surface area contributed by atoms with E-state index in [-0.39, 0.29) is 0 Å². The first-order valence-electron chi connectivity index (χ1n) is 7.42. The topological polar surface area (TPSA) is 29.3 Å². The zero-order chi connectivity index (χ0) is 14.5. The van der Waals surface area contributed by atoms with Gasteiger partial charge in [0.1, 0.15) is 0 Å². The maximum atomic E-state index is 5.41. The summed E-state index contributed by atoms with van der Waals surface area (Å²) in [6, 6.07) is 13.1. The number of fused-ring (bicyclic) bond motifs is 1. The third-order valence-electron chi connectivity index (χ3n) is 3.87. The second-order valence-electron chi connectivity index (χ2n) is 5.32. The smallest absolute Gasteiger partial charge is 0.0772 e. The van der Waals surface area contributed by atoms with E-state index < -0.39 is 0 Å². The Kier molecular flexibility index (Phi) is 4.72. The predicted octanol–water partition coefficient (Wildman–Crippen LogP) is 2.66. The Morgan fingerprint density at radius 1 is 1.05 bits per heavy atom. The minimum atomic E-state index is 0.428. The summed E-state index contributed by atoms with van der Waals surface area (Å²) in [5, 5.41) is 0. The van der Waals surface area contributed by atoms with Crippen molar-refractivity contribution in [3.63, 3.8) is 0 Å². The molecule has 0 radical (unpaired) electrons. The summed E-state index contributed by atoms with van der Waals surface area (Å²) in [5.41, 5.74) is 8.44. The summed E-state index contributed by atoms with van der Waals surface area (Å²) in [5.74, 6) is 6.03. The number of nitrogens with zero attached hydrogens (tertiary/aromatic N) is 1. The lowest BCUT2D eigenvalue weighted by Gasteiger charge is -2.18. The molecule has 0 fully saturated rings. The Morgan fingerprint density at radius 3 is 2.43 bits per heavy atom.